The summed E-state index contributed by atoms with van der Waals surface area (Å²) in [5.74, 6) is 1.49. The predicted molar refractivity (Wildman–Crippen MR) is 134 cm³/mol. The molecule has 3 rings (SSSR count). The SMILES string of the molecule is C[C@@H](C(=O)NC1CCCCC1)N(Cc1ccccc1Cl)C(=O)CCSCc1ccccc1. The number of thioether (sulfide) groups is 1. The molecule has 0 spiro atoms. The van der Waals surface area contributed by atoms with Crippen molar-refractivity contribution in [3.05, 3.63) is 70.7 Å². The molecule has 0 aromatic heterocycles. The lowest BCUT2D eigenvalue weighted by molar-refractivity contribution is -0.140. The maximum absolute atomic E-state index is 13.2. The Balaban J connectivity index is 1.61. The number of amides is 2. The smallest absolute Gasteiger partial charge is 0.242 e. The fourth-order valence-electron chi connectivity index (χ4n) is 4.03. The van der Waals surface area contributed by atoms with Gasteiger partial charge in [0.25, 0.3) is 0 Å². The monoisotopic (exact) mass is 472 g/mol. The highest BCUT2D eigenvalue weighted by Crippen LogP contribution is 2.21. The van der Waals surface area contributed by atoms with Crippen LogP contribution in [0.4, 0.5) is 0 Å². The van der Waals surface area contributed by atoms with Gasteiger partial charge in [-0.3, -0.25) is 9.59 Å². The molecule has 1 N–H and O–H groups in total. The van der Waals surface area contributed by atoms with Crippen LogP contribution in [0.2, 0.25) is 5.02 Å². The van der Waals surface area contributed by atoms with Crippen LogP contribution in [0.25, 0.3) is 0 Å². The van der Waals surface area contributed by atoms with Crippen molar-refractivity contribution in [3.63, 3.8) is 0 Å². The van der Waals surface area contributed by atoms with Crippen LogP contribution in [0.15, 0.2) is 54.6 Å². The average Bonchev–Trinajstić information content (AvgIpc) is 2.82. The molecule has 32 heavy (non-hydrogen) atoms. The third-order valence-corrected chi connectivity index (χ3v) is 7.39. The van der Waals surface area contributed by atoms with Crippen molar-refractivity contribution < 1.29 is 9.59 Å². The van der Waals surface area contributed by atoms with Crippen molar-refractivity contribution in [3.8, 4) is 0 Å². The van der Waals surface area contributed by atoms with E-state index >= 15 is 0 Å². The molecule has 0 unspecified atom stereocenters. The van der Waals surface area contributed by atoms with Crippen molar-refractivity contribution in [2.75, 3.05) is 5.75 Å². The molecule has 6 heteroatoms. The molecule has 2 amide bonds. The summed E-state index contributed by atoms with van der Waals surface area (Å²) >= 11 is 8.10. The van der Waals surface area contributed by atoms with E-state index in [4.69, 9.17) is 11.6 Å². The molecule has 0 saturated heterocycles. The molecular weight excluding hydrogens is 440 g/mol. The minimum atomic E-state index is -0.542. The summed E-state index contributed by atoms with van der Waals surface area (Å²) in [4.78, 5) is 27.9. The number of carbonyl (C=O) groups is 2. The Morgan fingerprint density at radius 3 is 2.47 bits per heavy atom. The zero-order valence-electron chi connectivity index (χ0n) is 18.8. The number of benzene rings is 2. The van der Waals surface area contributed by atoms with Crippen LogP contribution < -0.4 is 5.32 Å². The van der Waals surface area contributed by atoms with E-state index < -0.39 is 6.04 Å². The zero-order valence-corrected chi connectivity index (χ0v) is 20.3. The van der Waals surface area contributed by atoms with Gasteiger partial charge in [-0.2, -0.15) is 11.8 Å². The van der Waals surface area contributed by atoms with Crippen LogP contribution in [0, 0.1) is 0 Å². The van der Waals surface area contributed by atoms with E-state index in [9.17, 15) is 9.59 Å². The Morgan fingerprint density at radius 1 is 1.06 bits per heavy atom. The van der Waals surface area contributed by atoms with Crippen LogP contribution in [0.3, 0.4) is 0 Å². The fraction of sp³-hybridized carbons (Fsp3) is 0.462. The fourth-order valence-corrected chi connectivity index (χ4v) is 5.12. The molecule has 1 aliphatic carbocycles. The van der Waals surface area contributed by atoms with E-state index in [2.05, 4.69) is 17.4 Å². The quantitative estimate of drug-likeness (QED) is 0.442. The first-order valence-corrected chi connectivity index (χ1v) is 13.0. The summed E-state index contributed by atoms with van der Waals surface area (Å²) < 4.78 is 0. The molecule has 4 nitrogen and oxygen atoms in total. The van der Waals surface area contributed by atoms with Gasteiger partial charge in [0.05, 0.1) is 0 Å². The van der Waals surface area contributed by atoms with Gasteiger partial charge in [0.2, 0.25) is 11.8 Å². The van der Waals surface area contributed by atoms with Crippen molar-refractivity contribution in [2.45, 2.75) is 69.8 Å². The Hall–Kier alpha value is -1.98. The molecule has 2 aromatic rings. The number of nitrogens with one attached hydrogen (secondary N) is 1. The number of nitrogens with zero attached hydrogens (tertiary/aromatic N) is 1. The second-order valence-electron chi connectivity index (χ2n) is 8.42. The van der Waals surface area contributed by atoms with Gasteiger partial charge in [0, 0.05) is 35.5 Å². The Labute approximate surface area is 201 Å². The van der Waals surface area contributed by atoms with Gasteiger partial charge in [-0.1, -0.05) is 79.4 Å². The summed E-state index contributed by atoms with van der Waals surface area (Å²) in [6.45, 7) is 2.16. The number of hydrogen-bond acceptors (Lipinski definition) is 3. The Morgan fingerprint density at radius 2 is 1.75 bits per heavy atom. The van der Waals surface area contributed by atoms with Crippen LogP contribution in [0.5, 0.6) is 0 Å². The van der Waals surface area contributed by atoms with E-state index in [1.807, 2.05) is 49.4 Å². The van der Waals surface area contributed by atoms with Crippen LogP contribution in [0.1, 0.15) is 56.6 Å². The number of hydrogen-bond donors (Lipinski definition) is 1. The topological polar surface area (TPSA) is 49.4 Å². The van der Waals surface area contributed by atoms with E-state index in [-0.39, 0.29) is 17.9 Å². The summed E-state index contributed by atoms with van der Waals surface area (Å²) in [6, 6.07) is 17.4. The molecule has 1 saturated carbocycles. The minimum Gasteiger partial charge on any atom is -0.352 e. The summed E-state index contributed by atoms with van der Waals surface area (Å²) in [6.07, 6.45) is 5.98. The standard InChI is InChI=1S/C26H33ClN2O2S/c1-20(26(31)28-23-13-6-3-7-14-23)29(18-22-12-8-9-15-24(22)27)25(30)16-17-32-19-21-10-4-2-5-11-21/h2,4-5,8-12,15,20,23H,3,6-7,13-14,16-19H2,1H3,(H,28,31)/t20-/m0/s1. The molecule has 1 aliphatic rings. The average molecular weight is 473 g/mol. The van der Waals surface area contributed by atoms with E-state index in [0.717, 1.165) is 37.0 Å². The summed E-state index contributed by atoms with van der Waals surface area (Å²) in [5, 5.41) is 3.79. The van der Waals surface area contributed by atoms with E-state index in [0.29, 0.717) is 23.7 Å². The first-order valence-electron chi connectivity index (χ1n) is 11.5. The predicted octanol–water partition coefficient (Wildman–Crippen LogP) is 5.83. The molecule has 172 valence electrons. The lowest BCUT2D eigenvalue weighted by Crippen LogP contribution is -2.50. The Bertz CT molecular complexity index is 871. The summed E-state index contributed by atoms with van der Waals surface area (Å²) in [5.41, 5.74) is 2.11. The highest BCUT2D eigenvalue weighted by molar-refractivity contribution is 7.98. The molecule has 0 aliphatic heterocycles. The minimum absolute atomic E-state index is 0.0169. The number of rotatable bonds is 10. The van der Waals surface area contributed by atoms with Gasteiger partial charge in [-0.15, -0.1) is 0 Å². The third-order valence-electron chi connectivity index (χ3n) is 5.99. The van der Waals surface area contributed by atoms with Gasteiger partial charge in [-0.05, 0) is 37.0 Å². The summed E-state index contributed by atoms with van der Waals surface area (Å²) in [7, 11) is 0. The van der Waals surface area contributed by atoms with Crippen molar-refractivity contribution >= 4 is 35.2 Å². The molecule has 0 radical (unpaired) electrons. The van der Waals surface area contributed by atoms with Gasteiger partial charge < -0.3 is 10.2 Å². The van der Waals surface area contributed by atoms with Crippen molar-refractivity contribution in [1.29, 1.82) is 0 Å². The molecule has 1 atom stereocenters. The molecule has 0 bridgehead atoms. The largest absolute Gasteiger partial charge is 0.352 e. The van der Waals surface area contributed by atoms with Crippen molar-refractivity contribution in [1.82, 2.24) is 10.2 Å². The molecule has 0 heterocycles. The Kier molecular flexibility index (Phi) is 9.94. The first kappa shape index (κ1) is 24.7. The van der Waals surface area contributed by atoms with E-state index in [1.165, 1.54) is 12.0 Å². The zero-order chi connectivity index (χ0) is 22.8. The van der Waals surface area contributed by atoms with E-state index in [1.54, 1.807) is 16.7 Å². The van der Waals surface area contributed by atoms with Crippen LogP contribution in [-0.4, -0.2) is 34.6 Å². The van der Waals surface area contributed by atoms with Crippen LogP contribution in [-0.2, 0) is 21.9 Å². The number of carbonyl (C=O) groups excluding carboxylic acids is 2. The normalized spacial score (nSPS) is 15.2. The molecule has 2 aromatic carbocycles. The molecular formula is C26H33ClN2O2S. The van der Waals surface area contributed by atoms with Crippen LogP contribution >= 0.6 is 23.4 Å². The van der Waals surface area contributed by atoms with Gasteiger partial charge in [-0.25, -0.2) is 0 Å². The second-order valence-corrected chi connectivity index (χ2v) is 9.93. The maximum atomic E-state index is 13.2. The van der Waals surface area contributed by atoms with Gasteiger partial charge in [0.1, 0.15) is 6.04 Å². The first-order chi connectivity index (χ1) is 15.5. The highest BCUT2D eigenvalue weighted by Gasteiger charge is 2.28. The lowest BCUT2D eigenvalue weighted by Gasteiger charge is -2.31. The lowest BCUT2D eigenvalue weighted by atomic mass is 9.95. The third kappa shape index (κ3) is 7.56. The van der Waals surface area contributed by atoms with Crippen molar-refractivity contribution in [2.24, 2.45) is 0 Å². The maximum Gasteiger partial charge on any atom is 0.242 e. The van der Waals surface area contributed by atoms with Gasteiger partial charge in [0.15, 0.2) is 0 Å². The number of halogens is 1. The highest BCUT2D eigenvalue weighted by atomic mass is 35.5. The van der Waals surface area contributed by atoms with Gasteiger partial charge >= 0.3 is 0 Å². The second kappa shape index (κ2) is 12.9. The molecule has 1 fully saturated rings.